The van der Waals surface area contributed by atoms with Gasteiger partial charge in [0.2, 0.25) is 0 Å². The molecule has 1 heterocycles. The SMILES string of the molecule is CCCOCC(N)c1noc(-c2ccccc2CC)n1. The van der Waals surface area contributed by atoms with Gasteiger partial charge in [-0.05, 0) is 24.5 Å². The molecule has 0 aliphatic rings. The third-order valence-corrected chi connectivity index (χ3v) is 3.05. The van der Waals surface area contributed by atoms with Crippen molar-refractivity contribution in [2.75, 3.05) is 13.2 Å². The number of benzene rings is 1. The fourth-order valence-corrected chi connectivity index (χ4v) is 1.96. The van der Waals surface area contributed by atoms with Crippen molar-refractivity contribution in [2.24, 2.45) is 5.73 Å². The van der Waals surface area contributed by atoms with Gasteiger partial charge >= 0.3 is 0 Å². The molecule has 2 rings (SSSR count). The zero-order chi connectivity index (χ0) is 14.4. The van der Waals surface area contributed by atoms with Crippen molar-refractivity contribution in [3.8, 4) is 11.5 Å². The van der Waals surface area contributed by atoms with Crippen molar-refractivity contribution >= 4 is 0 Å². The molecule has 0 aliphatic carbocycles. The Balaban J connectivity index is 2.12. The van der Waals surface area contributed by atoms with E-state index in [4.69, 9.17) is 15.0 Å². The molecule has 0 bridgehead atoms. The van der Waals surface area contributed by atoms with Gasteiger partial charge in [0.1, 0.15) is 0 Å². The molecule has 0 fully saturated rings. The Morgan fingerprint density at radius 1 is 1.30 bits per heavy atom. The van der Waals surface area contributed by atoms with Crippen molar-refractivity contribution in [1.82, 2.24) is 10.1 Å². The molecular formula is C15H21N3O2. The van der Waals surface area contributed by atoms with Gasteiger partial charge in [-0.3, -0.25) is 0 Å². The normalized spacial score (nSPS) is 12.6. The minimum absolute atomic E-state index is 0.354. The van der Waals surface area contributed by atoms with Crippen LogP contribution in [-0.2, 0) is 11.2 Å². The van der Waals surface area contributed by atoms with Crippen LogP contribution in [0.2, 0.25) is 0 Å². The Kier molecular flexibility index (Phi) is 5.26. The molecule has 20 heavy (non-hydrogen) atoms. The maximum Gasteiger partial charge on any atom is 0.258 e. The minimum atomic E-state index is -0.354. The number of hydrogen-bond donors (Lipinski definition) is 1. The molecule has 0 saturated heterocycles. The highest BCUT2D eigenvalue weighted by atomic mass is 16.5. The second kappa shape index (κ2) is 7.17. The van der Waals surface area contributed by atoms with E-state index < -0.39 is 0 Å². The lowest BCUT2D eigenvalue weighted by molar-refractivity contribution is 0.119. The van der Waals surface area contributed by atoms with Gasteiger partial charge in [0.05, 0.1) is 12.6 Å². The molecule has 0 aliphatic heterocycles. The summed E-state index contributed by atoms with van der Waals surface area (Å²) >= 11 is 0. The summed E-state index contributed by atoms with van der Waals surface area (Å²) in [5.41, 5.74) is 8.13. The van der Waals surface area contributed by atoms with Crippen LogP contribution in [0.15, 0.2) is 28.8 Å². The molecule has 108 valence electrons. The first-order valence-corrected chi connectivity index (χ1v) is 7.01. The third kappa shape index (κ3) is 3.43. The van der Waals surface area contributed by atoms with E-state index in [-0.39, 0.29) is 6.04 Å². The van der Waals surface area contributed by atoms with Crippen LogP contribution in [0.5, 0.6) is 0 Å². The predicted octanol–water partition coefficient (Wildman–Crippen LogP) is 2.73. The Bertz CT molecular complexity index is 539. The Labute approximate surface area is 119 Å². The van der Waals surface area contributed by atoms with Gasteiger partial charge in [-0.25, -0.2) is 0 Å². The van der Waals surface area contributed by atoms with E-state index in [1.54, 1.807) is 0 Å². The number of hydrogen-bond acceptors (Lipinski definition) is 5. The summed E-state index contributed by atoms with van der Waals surface area (Å²) in [6, 6.07) is 7.65. The molecule has 1 aromatic carbocycles. The van der Waals surface area contributed by atoms with Crippen LogP contribution in [0, 0.1) is 0 Å². The molecule has 0 radical (unpaired) electrons. The Morgan fingerprint density at radius 2 is 2.10 bits per heavy atom. The van der Waals surface area contributed by atoms with E-state index in [0.29, 0.717) is 24.9 Å². The van der Waals surface area contributed by atoms with Gasteiger partial charge in [0.15, 0.2) is 5.82 Å². The quantitative estimate of drug-likeness (QED) is 0.786. The predicted molar refractivity (Wildman–Crippen MR) is 77.2 cm³/mol. The Morgan fingerprint density at radius 3 is 2.85 bits per heavy atom. The van der Waals surface area contributed by atoms with E-state index in [1.807, 2.05) is 18.2 Å². The largest absolute Gasteiger partial charge is 0.379 e. The van der Waals surface area contributed by atoms with Gasteiger partial charge in [-0.15, -0.1) is 0 Å². The number of rotatable bonds is 7. The van der Waals surface area contributed by atoms with Crippen LogP contribution >= 0.6 is 0 Å². The highest BCUT2D eigenvalue weighted by Gasteiger charge is 2.16. The topological polar surface area (TPSA) is 74.2 Å². The maximum atomic E-state index is 5.99. The number of nitrogens with zero attached hydrogens (tertiary/aromatic N) is 2. The first-order valence-electron chi connectivity index (χ1n) is 7.01. The summed E-state index contributed by atoms with van der Waals surface area (Å²) in [5, 5.41) is 3.96. The van der Waals surface area contributed by atoms with Gasteiger partial charge < -0.3 is 15.0 Å². The lowest BCUT2D eigenvalue weighted by Gasteiger charge is -2.06. The van der Waals surface area contributed by atoms with Crippen molar-refractivity contribution in [3.05, 3.63) is 35.7 Å². The number of nitrogens with two attached hydrogens (primary N) is 1. The first-order chi connectivity index (χ1) is 9.76. The number of ether oxygens (including phenoxy) is 1. The fourth-order valence-electron chi connectivity index (χ4n) is 1.96. The van der Waals surface area contributed by atoms with Crippen LogP contribution in [-0.4, -0.2) is 23.4 Å². The summed E-state index contributed by atoms with van der Waals surface area (Å²) in [5.74, 6) is 1.01. The molecule has 5 heteroatoms. The zero-order valence-corrected chi connectivity index (χ0v) is 12.0. The summed E-state index contributed by atoms with van der Waals surface area (Å²) in [4.78, 5) is 4.38. The molecule has 1 unspecified atom stereocenters. The van der Waals surface area contributed by atoms with Gasteiger partial charge in [0, 0.05) is 12.2 Å². The molecule has 0 saturated carbocycles. The van der Waals surface area contributed by atoms with Crippen molar-refractivity contribution in [3.63, 3.8) is 0 Å². The molecule has 1 atom stereocenters. The molecule has 5 nitrogen and oxygen atoms in total. The lowest BCUT2D eigenvalue weighted by Crippen LogP contribution is -2.18. The van der Waals surface area contributed by atoms with Gasteiger partial charge in [-0.1, -0.05) is 37.2 Å². The summed E-state index contributed by atoms with van der Waals surface area (Å²) in [6.45, 7) is 5.25. The molecule has 2 aromatic rings. The standard InChI is InChI=1S/C15H21N3O2/c1-3-9-19-10-13(16)14-17-15(20-18-14)12-8-6-5-7-11(12)4-2/h5-8,13H,3-4,9-10,16H2,1-2H3. The van der Waals surface area contributed by atoms with E-state index in [9.17, 15) is 0 Å². The van der Waals surface area contributed by atoms with Crippen molar-refractivity contribution in [2.45, 2.75) is 32.7 Å². The molecule has 0 spiro atoms. The summed E-state index contributed by atoms with van der Waals surface area (Å²) < 4.78 is 10.7. The second-order valence-corrected chi connectivity index (χ2v) is 4.65. The van der Waals surface area contributed by atoms with Crippen LogP contribution in [0.1, 0.15) is 37.7 Å². The van der Waals surface area contributed by atoms with Crippen molar-refractivity contribution < 1.29 is 9.26 Å². The number of aromatic nitrogens is 2. The highest BCUT2D eigenvalue weighted by Crippen LogP contribution is 2.23. The van der Waals surface area contributed by atoms with Gasteiger partial charge in [-0.2, -0.15) is 4.98 Å². The van der Waals surface area contributed by atoms with E-state index in [1.165, 1.54) is 5.56 Å². The molecule has 1 aromatic heterocycles. The van der Waals surface area contributed by atoms with E-state index in [0.717, 1.165) is 18.4 Å². The zero-order valence-electron chi connectivity index (χ0n) is 12.0. The third-order valence-electron chi connectivity index (χ3n) is 3.05. The second-order valence-electron chi connectivity index (χ2n) is 4.65. The molecule has 2 N–H and O–H groups in total. The highest BCUT2D eigenvalue weighted by molar-refractivity contribution is 5.58. The van der Waals surface area contributed by atoms with Crippen molar-refractivity contribution in [1.29, 1.82) is 0 Å². The average molecular weight is 275 g/mol. The van der Waals surface area contributed by atoms with Crippen LogP contribution in [0.25, 0.3) is 11.5 Å². The maximum absolute atomic E-state index is 5.99. The summed E-state index contributed by atoms with van der Waals surface area (Å²) in [7, 11) is 0. The molecular weight excluding hydrogens is 254 g/mol. The van der Waals surface area contributed by atoms with Crippen LogP contribution in [0.4, 0.5) is 0 Å². The lowest BCUT2D eigenvalue weighted by atomic mass is 10.1. The van der Waals surface area contributed by atoms with Crippen LogP contribution in [0.3, 0.4) is 0 Å². The average Bonchev–Trinajstić information content (AvgIpc) is 2.97. The number of aryl methyl sites for hydroxylation is 1. The summed E-state index contributed by atoms with van der Waals surface area (Å²) in [6.07, 6.45) is 1.88. The first kappa shape index (κ1) is 14.7. The van der Waals surface area contributed by atoms with Gasteiger partial charge in [0.25, 0.3) is 5.89 Å². The fraction of sp³-hybridized carbons (Fsp3) is 0.467. The molecule has 0 amide bonds. The Hall–Kier alpha value is -1.72. The smallest absolute Gasteiger partial charge is 0.258 e. The monoisotopic (exact) mass is 275 g/mol. The minimum Gasteiger partial charge on any atom is -0.379 e. The van der Waals surface area contributed by atoms with Crippen LogP contribution < -0.4 is 5.73 Å². The van der Waals surface area contributed by atoms with E-state index >= 15 is 0 Å². The van der Waals surface area contributed by atoms with E-state index in [2.05, 4.69) is 30.1 Å².